The summed E-state index contributed by atoms with van der Waals surface area (Å²) >= 11 is 0. The Balaban J connectivity index is 1.61. The highest BCUT2D eigenvalue weighted by Gasteiger charge is 2.52. The first-order chi connectivity index (χ1) is 11.0. The molecule has 2 N–H and O–H groups in total. The van der Waals surface area contributed by atoms with Gasteiger partial charge in [0.2, 0.25) is 5.91 Å². The van der Waals surface area contributed by atoms with Crippen LogP contribution in [0.25, 0.3) is 0 Å². The summed E-state index contributed by atoms with van der Waals surface area (Å²) in [5, 5.41) is 0. The maximum atomic E-state index is 14.3. The quantitative estimate of drug-likeness (QED) is 0.910. The number of benzene rings is 1. The summed E-state index contributed by atoms with van der Waals surface area (Å²) in [6, 6.07) is 3.76. The van der Waals surface area contributed by atoms with E-state index in [2.05, 4.69) is 0 Å². The first-order valence-electron chi connectivity index (χ1n) is 8.52. The lowest BCUT2D eigenvalue weighted by molar-refractivity contribution is -0.140. The Morgan fingerprint density at radius 3 is 2.61 bits per heavy atom. The Bertz CT molecular complexity index is 644. The third-order valence-electron chi connectivity index (χ3n) is 6.26. The monoisotopic (exact) mass is 320 g/mol. The van der Waals surface area contributed by atoms with Crippen molar-refractivity contribution in [1.29, 1.82) is 0 Å². The molecule has 0 spiro atoms. The molecular formula is C18H22F2N2O. The summed E-state index contributed by atoms with van der Waals surface area (Å²) in [6.45, 7) is 1.43. The molecule has 1 aromatic rings. The molecule has 124 valence electrons. The van der Waals surface area contributed by atoms with E-state index in [1.54, 1.807) is 0 Å². The maximum absolute atomic E-state index is 14.3. The smallest absolute Gasteiger partial charge is 0.233 e. The van der Waals surface area contributed by atoms with Crippen LogP contribution in [0.5, 0.6) is 0 Å². The highest BCUT2D eigenvalue weighted by Crippen LogP contribution is 2.48. The number of amides is 1. The standard InChI is InChI=1S/C18H22F2N2O/c19-12-3-4-14(15(20)8-12)18(6-1-7-18)17(23)22-9-11-2-5-16(21)13(11)10-22/h3-4,8,11,13,16H,1-2,5-7,9-10,21H2. The van der Waals surface area contributed by atoms with E-state index in [9.17, 15) is 13.6 Å². The Kier molecular flexibility index (Phi) is 3.45. The average Bonchev–Trinajstić information content (AvgIpc) is 3.02. The molecule has 2 saturated carbocycles. The number of fused-ring (bicyclic) bond motifs is 1. The zero-order chi connectivity index (χ0) is 16.2. The van der Waals surface area contributed by atoms with Crippen molar-refractivity contribution in [3.8, 4) is 0 Å². The molecule has 3 unspecified atom stereocenters. The van der Waals surface area contributed by atoms with Crippen LogP contribution in [0.15, 0.2) is 18.2 Å². The number of halogens is 2. The summed E-state index contributed by atoms with van der Waals surface area (Å²) in [4.78, 5) is 15.0. The van der Waals surface area contributed by atoms with Gasteiger partial charge in [-0.15, -0.1) is 0 Å². The lowest BCUT2D eigenvalue weighted by atomic mass is 9.63. The molecule has 2 aliphatic carbocycles. The average molecular weight is 320 g/mol. The number of hydrogen-bond donors (Lipinski definition) is 1. The summed E-state index contributed by atoms with van der Waals surface area (Å²) in [6.07, 6.45) is 4.31. The van der Waals surface area contributed by atoms with Gasteiger partial charge in [0, 0.05) is 30.8 Å². The fourth-order valence-electron chi connectivity index (χ4n) is 4.78. The highest BCUT2D eigenvalue weighted by atomic mass is 19.1. The van der Waals surface area contributed by atoms with Crippen molar-refractivity contribution >= 4 is 5.91 Å². The first kappa shape index (κ1) is 15.1. The molecule has 3 aliphatic rings. The van der Waals surface area contributed by atoms with Crippen molar-refractivity contribution in [2.45, 2.75) is 43.6 Å². The number of carbonyl (C=O) groups is 1. The van der Waals surface area contributed by atoms with Crippen molar-refractivity contribution in [3.05, 3.63) is 35.4 Å². The Morgan fingerprint density at radius 1 is 1.22 bits per heavy atom. The summed E-state index contributed by atoms with van der Waals surface area (Å²) < 4.78 is 27.5. The van der Waals surface area contributed by atoms with Crippen molar-refractivity contribution in [3.63, 3.8) is 0 Å². The van der Waals surface area contributed by atoms with E-state index in [1.807, 2.05) is 4.90 Å². The molecule has 1 aromatic carbocycles. The maximum Gasteiger partial charge on any atom is 0.233 e. The van der Waals surface area contributed by atoms with E-state index in [4.69, 9.17) is 5.73 Å². The van der Waals surface area contributed by atoms with Gasteiger partial charge in [-0.25, -0.2) is 8.78 Å². The molecule has 3 nitrogen and oxygen atoms in total. The van der Waals surface area contributed by atoms with Gasteiger partial charge < -0.3 is 10.6 Å². The van der Waals surface area contributed by atoms with E-state index < -0.39 is 17.0 Å². The number of carbonyl (C=O) groups excluding carboxylic acids is 1. The second-order valence-corrected chi connectivity index (χ2v) is 7.44. The molecule has 5 heteroatoms. The second kappa shape index (κ2) is 5.26. The molecule has 1 aliphatic heterocycles. The third-order valence-corrected chi connectivity index (χ3v) is 6.26. The van der Waals surface area contributed by atoms with Crippen LogP contribution in [0, 0.1) is 23.5 Å². The third kappa shape index (κ3) is 2.20. The van der Waals surface area contributed by atoms with Crippen LogP contribution >= 0.6 is 0 Å². The van der Waals surface area contributed by atoms with Gasteiger partial charge in [0.25, 0.3) is 0 Å². The molecule has 3 fully saturated rings. The molecule has 0 radical (unpaired) electrons. The highest BCUT2D eigenvalue weighted by molar-refractivity contribution is 5.89. The number of rotatable bonds is 2. The van der Waals surface area contributed by atoms with Crippen LogP contribution in [0.2, 0.25) is 0 Å². The molecule has 3 atom stereocenters. The van der Waals surface area contributed by atoms with Crippen LogP contribution < -0.4 is 5.73 Å². The molecule has 23 heavy (non-hydrogen) atoms. The number of likely N-dealkylation sites (tertiary alicyclic amines) is 1. The molecule has 0 bridgehead atoms. The van der Waals surface area contributed by atoms with Crippen LogP contribution in [0.1, 0.15) is 37.7 Å². The number of nitrogens with two attached hydrogens (primary N) is 1. The normalized spacial score (nSPS) is 31.8. The zero-order valence-corrected chi connectivity index (χ0v) is 13.1. The van der Waals surface area contributed by atoms with Gasteiger partial charge in [0.15, 0.2) is 0 Å². The topological polar surface area (TPSA) is 46.3 Å². The van der Waals surface area contributed by atoms with E-state index in [1.165, 1.54) is 12.1 Å². The fourth-order valence-corrected chi connectivity index (χ4v) is 4.78. The van der Waals surface area contributed by atoms with E-state index >= 15 is 0 Å². The predicted molar refractivity (Wildman–Crippen MR) is 82.7 cm³/mol. The lowest BCUT2D eigenvalue weighted by Crippen LogP contribution is -2.51. The molecule has 1 amide bonds. The zero-order valence-electron chi connectivity index (χ0n) is 13.1. The van der Waals surface area contributed by atoms with Crippen molar-refractivity contribution in [2.75, 3.05) is 13.1 Å². The minimum atomic E-state index is -0.791. The largest absolute Gasteiger partial charge is 0.341 e. The van der Waals surface area contributed by atoms with Crippen molar-refractivity contribution in [2.24, 2.45) is 17.6 Å². The van der Waals surface area contributed by atoms with Gasteiger partial charge in [0.05, 0.1) is 5.41 Å². The van der Waals surface area contributed by atoms with Crippen molar-refractivity contribution in [1.82, 2.24) is 4.90 Å². The van der Waals surface area contributed by atoms with Crippen molar-refractivity contribution < 1.29 is 13.6 Å². The number of nitrogens with zero attached hydrogens (tertiary/aromatic N) is 1. The lowest BCUT2D eigenvalue weighted by Gasteiger charge is -2.43. The molecule has 4 rings (SSSR count). The van der Waals surface area contributed by atoms with Gasteiger partial charge in [0.1, 0.15) is 11.6 Å². The Morgan fingerprint density at radius 2 is 2.00 bits per heavy atom. The van der Waals surface area contributed by atoms with Gasteiger partial charge in [-0.1, -0.05) is 12.5 Å². The van der Waals surface area contributed by atoms with Gasteiger partial charge >= 0.3 is 0 Å². The van der Waals surface area contributed by atoms with Crippen LogP contribution in [-0.4, -0.2) is 29.9 Å². The first-order valence-corrected chi connectivity index (χ1v) is 8.52. The molecule has 0 aromatic heterocycles. The van der Waals surface area contributed by atoms with Crippen LogP contribution in [0.4, 0.5) is 8.78 Å². The number of hydrogen-bond acceptors (Lipinski definition) is 2. The van der Waals surface area contributed by atoms with E-state index in [0.717, 1.165) is 31.9 Å². The Hall–Kier alpha value is -1.49. The molecular weight excluding hydrogens is 298 g/mol. The van der Waals surface area contributed by atoms with Crippen LogP contribution in [-0.2, 0) is 10.2 Å². The Labute approximate surface area is 134 Å². The van der Waals surface area contributed by atoms with E-state index in [-0.39, 0.29) is 11.9 Å². The minimum absolute atomic E-state index is 0.0101. The summed E-state index contributed by atoms with van der Waals surface area (Å²) in [5.41, 5.74) is 5.72. The van der Waals surface area contributed by atoms with Crippen LogP contribution in [0.3, 0.4) is 0 Å². The second-order valence-electron chi connectivity index (χ2n) is 7.44. The summed E-state index contributed by atoms with van der Waals surface area (Å²) in [5.74, 6) is -0.321. The molecule has 1 heterocycles. The van der Waals surface area contributed by atoms with E-state index in [0.29, 0.717) is 36.8 Å². The SMILES string of the molecule is NC1CCC2CN(C(=O)C3(c4ccc(F)cc4F)CCC3)CC12. The van der Waals surface area contributed by atoms with Gasteiger partial charge in [-0.05, 0) is 43.6 Å². The van der Waals surface area contributed by atoms with Gasteiger partial charge in [-0.2, -0.15) is 0 Å². The summed E-state index contributed by atoms with van der Waals surface area (Å²) in [7, 11) is 0. The minimum Gasteiger partial charge on any atom is -0.341 e. The predicted octanol–water partition coefficient (Wildman–Crippen LogP) is 2.58. The fraction of sp³-hybridized carbons (Fsp3) is 0.611. The molecule has 1 saturated heterocycles. The van der Waals surface area contributed by atoms with Gasteiger partial charge in [-0.3, -0.25) is 4.79 Å².